The maximum absolute atomic E-state index is 13.3. The van der Waals surface area contributed by atoms with Crippen LogP contribution >= 0.6 is 0 Å². The first-order valence-corrected chi connectivity index (χ1v) is 7.77. The number of benzene rings is 2. The zero-order valence-corrected chi connectivity index (χ0v) is 12.0. The molecule has 1 heterocycles. The van der Waals surface area contributed by atoms with E-state index in [4.69, 9.17) is 15.2 Å². The molecule has 6 heteroatoms. The van der Waals surface area contributed by atoms with Crippen LogP contribution in [0.4, 0.5) is 10.1 Å². The Bertz CT molecular complexity index is 685. The molecule has 0 aliphatic carbocycles. The maximum atomic E-state index is 13.3. The Morgan fingerprint density at radius 2 is 1.86 bits per heavy atom. The molecule has 1 atom stereocenters. The first kappa shape index (κ1) is 13.9. The summed E-state index contributed by atoms with van der Waals surface area (Å²) in [5, 5.41) is 0. The molecule has 0 fully saturated rings. The second kappa shape index (κ2) is 5.73. The molecule has 0 aromatic heterocycles. The van der Waals surface area contributed by atoms with Crippen LogP contribution < -0.4 is 15.2 Å². The largest absolute Gasteiger partial charge is 0.486 e. The molecule has 0 spiro atoms. The lowest BCUT2D eigenvalue weighted by Crippen LogP contribution is -2.15. The Kier molecular flexibility index (Phi) is 3.79. The van der Waals surface area contributed by atoms with Crippen LogP contribution in [0.25, 0.3) is 0 Å². The predicted octanol–water partition coefficient (Wildman–Crippen LogP) is 2.49. The minimum absolute atomic E-state index is 0.196. The summed E-state index contributed by atoms with van der Waals surface area (Å²) in [5.74, 6) is 1.01. The van der Waals surface area contributed by atoms with E-state index in [2.05, 4.69) is 0 Å². The standard InChI is InChI=1S/C15H14FNO3S/c16-11-5-10(6-12(17)7-11)9-21(18)13-1-2-14-15(8-13)20-4-3-19-14/h1-2,5-8H,3-4,9,17H2. The zero-order valence-electron chi connectivity index (χ0n) is 11.2. The van der Waals surface area contributed by atoms with E-state index < -0.39 is 16.6 Å². The van der Waals surface area contributed by atoms with E-state index in [1.54, 1.807) is 24.3 Å². The fraction of sp³-hybridized carbons (Fsp3) is 0.200. The number of rotatable bonds is 3. The fourth-order valence-corrected chi connectivity index (χ4v) is 3.25. The highest BCUT2D eigenvalue weighted by Gasteiger charge is 2.14. The zero-order chi connectivity index (χ0) is 14.8. The molecule has 21 heavy (non-hydrogen) atoms. The van der Waals surface area contributed by atoms with Gasteiger partial charge in [-0.25, -0.2) is 4.39 Å². The second-order valence-electron chi connectivity index (χ2n) is 4.69. The van der Waals surface area contributed by atoms with Crippen molar-refractivity contribution in [2.45, 2.75) is 10.6 Å². The van der Waals surface area contributed by atoms with Gasteiger partial charge in [-0.15, -0.1) is 0 Å². The van der Waals surface area contributed by atoms with Crippen molar-refractivity contribution < 1.29 is 18.1 Å². The number of hydrogen-bond acceptors (Lipinski definition) is 4. The molecule has 0 saturated carbocycles. The van der Waals surface area contributed by atoms with Crippen LogP contribution in [0, 0.1) is 5.82 Å². The lowest BCUT2D eigenvalue weighted by atomic mass is 10.2. The SMILES string of the molecule is Nc1cc(F)cc(CS(=O)c2ccc3c(c2)OCCO3)c1. The number of nitrogens with two attached hydrogens (primary N) is 1. The first-order chi connectivity index (χ1) is 10.1. The normalized spacial score (nSPS) is 14.7. The van der Waals surface area contributed by atoms with Crippen LogP contribution in [-0.2, 0) is 16.6 Å². The van der Waals surface area contributed by atoms with Crippen LogP contribution in [0.5, 0.6) is 11.5 Å². The number of hydrogen-bond donors (Lipinski definition) is 1. The Hall–Kier alpha value is -2.08. The van der Waals surface area contributed by atoms with E-state index >= 15 is 0 Å². The van der Waals surface area contributed by atoms with Crippen LogP contribution in [0.2, 0.25) is 0 Å². The number of fused-ring (bicyclic) bond motifs is 1. The van der Waals surface area contributed by atoms with Crippen LogP contribution in [0.1, 0.15) is 5.56 Å². The number of ether oxygens (including phenoxy) is 2. The highest BCUT2D eigenvalue weighted by Crippen LogP contribution is 2.32. The molecule has 110 valence electrons. The smallest absolute Gasteiger partial charge is 0.162 e. The third-order valence-corrected chi connectivity index (χ3v) is 4.43. The highest BCUT2D eigenvalue weighted by molar-refractivity contribution is 7.84. The quantitative estimate of drug-likeness (QED) is 0.885. The maximum Gasteiger partial charge on any atom is 0.162 e. The summed E-state index contributed by atoms with van der Waals surface area (Å²) in [4.78, 5) is 0.613. The lowest BCUT2D eigenvalue weighted by molar-refractivity contribution is 0.171. The van der Waals surface area contributed by atoms with Crippen LogP contribution in [0.15, 0.2) is 41.3 Å². The van der Waals surface area contributed by atoms with Gasteiger partial charge in [0.1, 0.15) is 19.0 Å². The fourth-order valence-electron chi connectivity index (χ4n) is 2.16. The van der Waals surface area contributed by atoms with Crippen molar-refractivity contribution in [3.8, 4) is 11.5 Å². The molecule has 1 aliphatic rings. The summed E-state index contributed by atoms with van der Waals surface area (Å²) in [6.45, 7) is 0.988. The molecule has 0 amide bonds. The third-order valence-electron chi connectivity index (χ3n) is 3.05. The molecular weight excluding hydrogens is 293 g/mol. The molecule has 3 rings (SSSR count). The Labute approximate surface area is 124 Å². The molecule has 1 aliphatic heterocycles. The van der Waals surface area contributed by atoms with E-state index in [9.17, 15) is 8.60 Å². The summed E-state index contributed by atoms with van der Waals surface area (Å²) in [7, 11) is -1.31. The monoisotopic (exact) mass is 307 g/mol. The van der Waals surface area contributed by atoms with E-state index in [0.29, 0.717) is 40.9 Å². The lowest BCUT2D eigenvalue weighted by Gasteiger charge is -2.18. The van der Waals surface area contributed by atoms with Crippen molar-refractivity contribution in [3.05, 3.63) is 47.8 Å². The molecule has 2 N–H and O–H groups in total. The molecular formula is C15H14FNO3S. The summed E-state index contributed by atoms with van der Waals surface area (Å²) >= 11 is 0. The van der Waals surface area contributed by atoms with Gasteiger partial charge in [-0.05, 0) is 35.9 Å². The summed E-state index contributed by atoms with van der Waals surface area (Å²) in [5.41, 5.74) is 6.51. The van der Waals surface area contributed by atoms with Gasteiger partial charge in [-0.3, -0.25) is 4.21 Å². The van der Waals surface area contributed by atoms with E-state index in [1.807, 2.05) is 0 Å². The van der Waals surface area contributed by atoms with Crippen molar-refractivity contribution in [2.24, 2.45) is 0 Å². The van der Waals surface area contributed by atoms with Crippen molar-refractivity contribution in [2.75, 3.05) is 18.9 Å². The first-order valence-electron chi connectivity index (χ1n) is 6.45. The Morgan fingerprint density at radius 1 is 1.10 bits per heavy atom. The van der Waals surface area contributed by atoms with Gasteiger partial charge in [0.2, 0.25) is 0 Å². The summed E-state index contributed by atoms with van der Waals surface area (Å²) in [6.07, 6.45) is 0. The molecule has 0 saturated heterocycles. The van der Waals surface area contributed by atoms with Crippen LogP contribution in [-0.4, -0.2) is 17.4 Å². The van der Waals surface area contributed by atoms with Crippen LogP contribution in [0.3, 0.4) is 0 Å². The topological polar surface area (TPSA) is 61.6 Å². The molecule has 4 nitrogen and oxygen atoms in total. The van der Waals surface area contributed by atoms with Crippen molar-refractivity contribution >= 4 is 16.5 Å². The van der Waals surface area contributed by atoms with Gasteiger partial charge in [-0.2, -0.15) is 0 Å². The van der Waals surface area contributed by atoms with E-state index in [0.717, 1.165) is 0 Å². The molecule has 1 unspecified atom stereocenters. The minimum Gasteiger partial charge on any atom is -0.486 e. The second-order valence-corrected chi connectivity index (χ2v) is 6.14. The molecule has 0 radical (unpaired) electrons. The van der Waals surface area contributed by atoms with Gasteiger partial charge in [0, 0.05) is 16.6 Å². The van der Waals surface area contributed by atoms with E-state index in [1.165, 1.54) is 12.1 Å². The minimum atomic E-state index is -1.31. The molecule has 2 aromatic rings. The van der Waals surface area contributed by atoms with Crippen molar-refractivity contribution in [3.63, 3.8) is 0 Å². The van der Waals surface area contributed by atoms with Crippen molar-refractivity contribution in [1.29, 1.82) is 0 Å². The van der Waals surface area contributed by atoms with Gasteiger partial charge >= 0.3 is 0 Å². The Balaban J connectivity index is 1.82. The number of anilines is 1. The van der Waals surface area contributed by atoms with Crippen molar-refractivity contribution in [1.82, 2.24) is 0 Å². The van der Waals surface area contributed by atoms with Gasteiger partial charge in [0.25, 0.3) is 0 Å². The summed E-state index contributed by atoms with van der Waals surface area (Å²) in [6, 6.07) is 9.36. The average Bonchev–Trinajstić information content (AvgIpc) is 2.45. The average molecular weight is 307 g/mol. The van der Waals surface area contributed by atoms with Gasteiger partial charge in [0.05, 0.1) is 16.6 Å². The Morgan fingerprint density at radius 3 is 2.62 bits per heavy atom. The molecule has 0 bridgehead atoms. The molecule has 2 aromatic carbocycles. The van der Waals surface area contributed by atoms with Gasteiger partial charge in [0.15, 0.2) is 11.5 Å². The van der Waals surface area contributed by atoms with Gasteiger partial charge in [-0.1, -0.05) is 0 Å². The highest BCUT2D eigenvalue weighted by atomic mass is 32.2. The predicted molar refractivity (Wildman–Crippen MR) is 78.4 cm³/mol. The summed E-state index contributed by atoms with van der Waals surface area (Å²) < 4.78 is 36.5. The number of nitrogen functional groups attached to an aromatic ring is 1. The van der Waals surface area contributed by atoms with Gasteiger partial charge < -0.3 is 15.2 Å². The van der Waals surface area contributed by atoms with E-state index in [-0.39, 0.29) is 5.75 Å². The number of halogens is 1. The third kappa shape index (κ3) is 3.16.